The molecule has 7 atom stereocenters. The van der Waals surface area contributed by atoms with Crippen molar-refractivity contribution in [1.82, 2.24) is 4.98 Å². The molecule has 9 heteroatoms. The van der Waals surface area contributed by atoms with Crippen molar-refractivity contribution in [2.45, 2.75) is 22.6 Å². The highest BCUT2D eigenvalue weighted by Gasteiger charge is 2.69. The predicted octanol–water partition coefficient (Wildman–Crippen LogP) is 4.13. The Morgan fingerprint density at radius 1 is 0.917 bits per heavy atom. The summed E-state index contributed by atoms with van der Waals surface area (Å²) >= 11 is 2.94. The van der Waals surface area contributed by atoms with Gasteiger partial charge >= 0.3 is 4.87 Å². The lowest BCUT2D eigenvalue weighted by Gasteiger charge is -2.43. The van der Waals surface area contributed by atoms with E-state index in [4.69, 9.17) is 9.47 Å². The molecule has 5 unspecified atom stereocenters. The molecule has 3 fully saturated rings. The molecule has 7 rings (SSSR count). The molecule has 36 heavy (non-hydrogen) atoms. The number of benzene rings is 2. The molecule has 2 bridgehead atoms. The second-order valence-electron chi connectivity index (χ2n) is 9.92. The number of thiazole rings is 1. The number of H-pyrrole nitrogens is 1. The number of fused-ring (bicyclic) bond motifs is 9. The number of imide groups is 1. The first-order valence-corrected chi connectivity index (χ1v) is 13.8. The van der Waals surface area contributed by atoms with Gasteiger partial charge in [-0.2, -0.15) is 0 Å². The molecule has 1 N–H and O–H groups in total. The van der Waals surface area contributed by atoms with Crippen molar-refractivity contribution in [3.63, 3.8) is 0 Å². The second kappa shape index (κ2) is 7.98. The Morgan fingerprint density at radius 2 is 1.64 bits per heavy atom. The SMILES string of the molecule is COc1ccc(C2c3sc(=O)[nH]c3SC3C2[C@H]2C[C@@H]3C3C(=O)N(c4ccccc4)C(=O)C32)cc1OC. The van der Waals surface area contributed by atoms with Gasteiger partial charge in [-0.3, -0.25) is 19.3 Å². The number of thioether (sulfide) groups is 1. The van der Waals surface area contributed by atoms with Crippen LogP contribution >= 0.6 is 23.1 Å². The maximum absolute atomic E-state index is 13.7. The van der Waals surface area contributed by atoms with E-state index in [1.165, 1.54) is 16.2 Å². The van der Waals surface area contributed by atoms with Crippen LogP contribution in [0.3, 0.4) is 0 Å². The Hall–Kier alpha value is -3.04. The molecule has 2 aliphatic heterocycles. The number of anilines is 1. The van der Waals surface area contributed by atoms with Gasteiger partial charge in [-0.05, 0) is 54.0 Å². The van der Waals surface area contributed by atoms with Crippen LogP contribution in [0.2, 0.25) is 0 Å². The molecule has 0 radical (unpaired) electrons. The van der Waals surface area contributed by atoms with Crippen LogP contribution in [-0.2, 0) is 9.59 Å². The molecule has 3 aromatic rings. The predicted molar refractivity (Wildman–Crippen MR) is 137 cm³/mol. The number of rotatable bonds is 4. The molecule has 2 aliphatic carbocycles. The fourth-order valence-corrected chi connectivity index (χ4v) is 10.2. The molecule has 1 aromatic heterocycles. The lowest BCUT2D eigenvalue weighted by Crippen LogP contribution is -2.42. The smallest absolute Gasteiger partial charge is 0.305 e. The third-order valence-corrected chi connectivity index (χ3v) is 11.1. The van der Waals surface area contributed by atoms with E-state index in [0.717, 1.165) is 21.9 Å². The maximum atomic E-state index is 13.7. The summed E-state index contributed by atoms with van der Waals surface area (Å²) in [5.41, 5.74) is 1.69. The summed E-state index contributed by atoms with van der Waals surface area (Å²) in [6.45, 7) is 0. The third kappa shape index (κ3) is 2.90. The monoisotopic (exact) mass is 520 g/mol. The van der Waals surface area contributed by atoms with E-state index in [0.29, 0.717) is 17.2 Å². The highest BCUT2D eigenvalue weighted by molar-refractivity contribution is 8.00. The normalized spacial score (nSPS) is 31.8. The highest BCUT2D eigenvalue weighted by Crippen LogP contribution is 2.68. The van der Waals surface area contributed by atoms with E-state index in [1.807, 2.05) is 48.5 Å². The summed E-state index contributed by atoms with van der Waals surface area (Å²) in [6.07, 6.45) is 0.862. The minimum Gasteiger partial charge on any atom is -0.493 e. The second-order valence-corrected chi connectivity index (χ2v) is 12.1. The van der Waals surface area contributed by atoms with Crippen molar-refractivity contribution in [3.8, 4) is 11.5 Å². The lowest BCUT2D eigenvalue weighted by molar-refractivity contribution is -0.123. The lowest BCUT2D eigenvalue weighted by atomic mass is 9.68. The molecule has 2 aromatic carbocycles. The molecule has 0 spiro atoms. The van der Waals surface area contributed by atoms with Gasteiger partial charge in [0.1, 0.15) is 0 Å². The van der Waals surface area contributed by atoms with Crippen LogP contribution in [0.25, 0.3) is 0 Å². The van der Waals surface area contributed by atoms with Crippen LogP contribution in [0.5, 0.6) is 11.5 Å². The van der Waals surface area contributed by atoms with Gasteiger partial charge in [0.2, 0.25) is 11.8 Å². The van der Waals surface area contributed by atoms with Crippen LogP contribution in [0.1, 0.15) is 22.8 Å². The number of aromatic nitrogens is 1. The first-order chi connectivity index (χ1) is 17.5. The number of hydrogen-bond donors (Lipinski definition) is 1. The Balaban J connectivity index is 1.34. The van der Waals surface area contributed by atoms with Crippen LogP contribution in [0, 0.1) is 29.6 Å². The molecule has 4 aliphatic rings. The Kier molecular flexibility index (Phi) is 4.92. The Bertz CT molecular complexity index is 1450. The van der Waals surface area contributed by atoms with Crippen molar-refractivity contribution in [2.75, 3.05) is 19.1 Å². The Labute approximate surface area is 215 Å². The topological polar surface area (TPSA) is 88.7 Å². The van der Waals surface area contributed by atoms with Gasteiger partial charge in [0.15, 0.2) is 11.5 Å². The van der Waals surface area contributed by atoms with E-state index in [9.17, 15) is 14.4 Å². The van der Waals surface area contributed by atoms with Crippen molar-refractivity contribution in [2.24, 2.45) is 29.6 Å². The van der Waals surface area contributed by atoms with Crippen LogP contribution in [0.15, 0.2) is 58.4 Å². The third-order valence-electron chi connectivity index (χ3n) is 8.51. The number of para-hydroxylation sites is 1. The first-order valence-electron chi connectivity index (χ1n) is 12.1. The van der Waals surface area contributed by atoms with Gasteiger partial charge in [0.25, 0.3) is 0 Å². The number of nitrogens with zero attached hydrogens (tertiary/aromatic N) is 1. The largest absolute Gasteiger partial charge is 0.493 e. The maximum Gasteiger partial charge on any atom is 0.305 e. The Morgan fingerprint density at radius 3 is 2.36 bits per heavy atom. The van der Waals surface area contributed by atoms with E-state index < -0.39 is 0 Å². The summed E-state index contributed by atoms with van der Waals surface area (Å²) in [5.74, 6) is 0.780. The van der Waals surface area contributed by atoms with Crippen molar-refractivity contribution >= 4 is 40.6 Å². The van der Waals surface area contributed by atoms with E-state index in [-0.39, 0.29) is 57.4 Å². The van der Waals surface area contributed by atoms with Crippen molar-refractivity contribution < 1.29 is 19.1 Å². The van der Waals surface area contributed by atoms with Gasteiger partial charge < -0.3 is 14.5 Å². The standard InChI is InChI=1S/C27H24N2O5S2/c1-33-16-9-8-12(10-17(16)34-2)18-19-14-11-15(22(19)35-24-23(18)36-27(32)28-24)21-20(14)25(30)29(26(21)31)13-6-4-3-5-7-13/h3-10,14-15,18-22H,11H2,1-2H3,(H,28,32)/t14-,15-,18?,19?,20?,21?,22?/m1/s1. The van der Waals surface area contributed by atoms with Crippen LogP contribution < -0.4 is 19.2 Å². The van der Waals surface area contributed by atoms with Crippen molar-refractivity contribution in [1.29, 1.82) is 0 Å². The zero-order valence-corrected chi connectivity index (χ0v) is 21.3. The summed E-state index contributed by atoms with van der Waals surface area (Å²) in [7, 11) is 3.22. The zero-order valence-electron chi connectivity index (χ0n) is 19.7. The van der Waals surface area contributed by atoms with Gasteiger partial charge in [-0.25, -0.2) is 0 Å². The summed E-state index contributed by atoms with van der Waals surface area (Å²) < 4.78 is 11.1. The zero-order chi connectivity index (χ0) is 24.7. The van der Waals surface area contributed by atoms with Crippen LogP contribution in [-0.4, -0.2) is 36.3 Å². The summed E-state index contributed by atoms with van der Waals surface area (Å²) in [5, 5.41) is 1.05. The number of nitrogens with one attached hydrogen (secondary N) is 1. The fourth-order valence-electron chi connectivity index (χ4n) is 7.27. The molecular formula is C27H24N2O5S2. The highest BCUT2D eigenvalue weighted by atomic mass is 32.2. The summed E-state index contributed by atoms with van der Waals surface area (Å²) in [6, 6.07) is 15.2. The minimum absolute atomic E-state index is 0.0559. The van der Waals surface area contributed by atoms with E-state index in [1.54, 1.807) is 26.0 Å². The number of carbonyl (C=O) groups excluding carboxylic acids is 2. The van der Waals surface area contributed by atoms with Crippen LogP contribution in [0.4, 0.5) is 5.69 Å². The number of amides is 2. The van der Waals surface area contributed by atoms with E-state index >= 15 is 0 Å². The molecule has 2 saturated carbocycles. The number of hydrogen-bond acceptors (Lipinski definition) is 7. The number of ether oxygens (including phenoxy) is 2. The van der Waals surface area contributed by atoms with Gasteiger partial charge in [-0.1, -0.05) is 35.6 Å². The fraction of sp³-hybridized carbons (Fsp3) is 0.370. The number of methoxy groups -OCH3 is 2. The quantitative estimate of drug-likeness (QED) is 0.521. The van der Waals surface area contributed by atoms with Gasteiger partial charge in [0.05, 0.1) is 36.8 Å². The van der Waals surface area contributed by atoms with Crippen molar-refractivity contribution in [3.05, 3.63) is 68.6 Å². The number of carbonyl (C=O) groups is 2. The molecule has 2 amide bonds. The molecule has 7 nitrogen and oxygen atoms in total. The van der Waals surface area contributed by atoms with E-state index in [2.05, 4.69) is 4.98 Å². The molecule has 184 valence electrons. The molecule has 3 heterocycles. The molecular weight excluding hydrogens is 496 g/mol. The van der Waals surface area contributed by atoms with Gasteiger partial charge in [0, 0.05) is 16.0 Å². The molecule has 1 saturated heterocycles. The first kappa shape index (κ1) is 22.2. The average Bonchev–Trinajstić information content (AvgIpc) is 3.62. The average molecular weight is 521 g/mol. The summed E-state index contributed by atoms with van der Waals surface area (Å²) in [4.78, 5) is 45.2. The van der Waals surface area contributed by atoms with Gasteiger partial charge in [-0.15, -0.1) is 11.8 Å². The number of aromatic amines is 1. The minimum atomic E-state index is -0.315.